The Labute approximate surface area is 108 Å². The largest absolute Gasteiger partial charge is 0.469 e. The van der Waals surface area contributed by atoms with E-state index in [1.54, 1.807) is 6.92 Å². The van der Waals surface area contributed by atoms with Gasteiger partial charge in [0.05, 0.1) is 18.3 Å². The number of methoxy groups -OCH3 is 1. The summed E-state index contributed by atoms with van der Waals surface area (Å²) < 4.78 is 31.1. The van der Waals surface area contributed by atoms with E-state index in [2.05, 4.69) is 4.72 Å². The quantitative estimate of drug-likeness (QED) is 0.778. The molecule has 0 aromatic carbocycles. The van der Waals surface area contributed by atoms with Crippen molar-refractivity contribution in [1.82, 2.24) is 4.72 Å². The van der Waals surface area contributed by atoms with Crippen LogP contribution in [0.25, 0.3) is 0 Å². The Morgan fingerprint density at radius 2 is 2.00 bits per heavy atom. The Balaban J connectivity index is 1.92. The van der Waals surface area contributed by atoms with Gasteiger partial charge in [-0.3, -0.25) is 4.79 Å². The third-order valence-corrected chi connectivity index (χ3v) is 6.43. The number of ether oxygens (including phenoxy) is 1. The second kappa shape index (κ2) is 4.81. The molecule has 18 heavy (non-hydrogen) atoms. The van der Waals surface area contributed by atoms with Crippen LogP contribution in [0.5, 0.6) is 0 Å². The number of carbonyl (C=O) groups is 1. The lowest BCUT2D eigenvalue weighted by Gasteiger charge is -2.28. The molecular formula is C12H21NO4S. The summed E-state index contributed by atoms with van der Waals surface area (Å²) >= 11 is 0. The molecule has 2 saturated carbocycles. The smallest absolute Gasteiger partial charge is 0.309 e. The van der Waals surface area contributed by atoms with Crippen molar-refractivity contribution in [1.29, 1.82) is 0 Å². The highest BCUT2D eigenvalue weighted by molar-refractivity contribution is 7.90. The third-order valence-electron chi connectivity index (χ3n) is 4.39. The molecule has 6 heteroatoms. The van der Waals surface area contributed by atoms with Crippen LogP contribution in [0, 0.1) is 11.3 Å². The number of sulfonamides is 1. The van der Waals surface area contributed by atoms with Crippen molar-refractivity contribution in [2.75, 3.05) is 13.7 Å². The fourth-order valence-electron chi connectivity index (χ4n) is 3.17. The number of hydrogen-bond donors (Lipinski definition) is 1. The Morgan fingerprint density at radius 3 is 2.50 bits per heavy atom. The lowest BCUT2D eigenvalue weighted by Crippen LogP contribution is -2.37. The van der Waals surface area contributed by atoms with Crippen molar-refractivity contribution in [2.45, 2.75) is 44.3 Å². The molecule has 1 atom stereocenters. The van der Waals surface area contributed by atoms with Crippen LogP contribution in [0.2, 0.25) is 0 Å². The molecule has 0 aromatic heterocycles. The van der Waals surface area contributed by atoms with Crippen molar-refractivity contribution in [2.24, 2.45) is 11.3 Å². The number of nitrogens with one attached hydrogen (secondary N) is 1. The van der Waals surface area contributed by atoms with Gasteiger partial charge in [-0.05, 0) is 37.5 Å². The van der Waals surface area contributed by atoms with Gasteiger partial charge >= 0.3 is 5.97 Å². The van der Waals surface area contributed by atoms with E-state index in [1.165, 1.54) is 7.11 Å². The minimum absolute atomic E-state index is 0.00490. The fraction of sp³-hybridized carbons (Fsp3) is 0.917. The molecule has 0 aromatic rings. The molecule has 0 aliphatic heterocycles. The van der Waals surface area contributed by atoms with Crippen molar-refractivity contribution in [3.8, 4) is 0 Å². The first-order valence-electron chi connectivity index (χ1n) is 6.51. The van der Waals surface area contributed by atoms with Crippen LogP contribution in [-0.2, 0) is 19.6 Å². The van der Waals surface area contributed by atoms with Crippen molar-refractivity contribution < 1.29 is 17.9 Å². The van der Waals surface area contributed by atoms with Crippen molar-refractivity contribution in [3.05, 3.63) is 0 Å². The van der Waals surface area contributed by atoms with E-state index in [1.807, 2.05) is 0 Å². The molecule has 2 fully saturated rings. The molecule has 5 nitrogen and oxygen atoms in total. The van der Waals surface area contributed by atoms with Crippen molar-refractivity contribution >= 4 is 16.0 Å². The number of hydrogen-bond acceptors (Lipinski definition) is 4. The highest BCUT2D eigenvalue weighted by atomic mass is 32.2. The van der Waals surface area contributed by atoms with Gasteiger partial charge in [0.1, 0.15) is 0 Å². The van der Waals surface area contributed by atoms with Gasteiger partial charge in [-0.2, -0.15) is 0 Å². The van der Waals surface area contributed by atoms with Gasteiger partial charge in [0, 0.05) is 6.54 Å². The molecule has 1 spiro atoms. The first-order chi connectivity index (χ1) is 8.45. The molecule has 0 amide bonds. The normalized spacial score (nSPS) is 35.4. The summed E-state index contributed by atoms with van der Waals surface area (Å²) in [6.07, 6.45) is 3.82. The van der Waals surface area contributed by atoms with Crippen LogP contribution in [0.3, 0.4) is 0 Å². The summed E-state index contributed by atoms with van der Waals surface area (Å²) in [5, 5.41) is -0.290. The average molecular weight is 275 g/mol. The molecule has 0 radical (unpaired) electrons. The van der Waals surface area contributed by atoms with Gasteiger partial charge in [0.2, 0.25) is 10.0 Å². The van der Waals surface area contributed by atoms with Gasteiger partial charge in [-0.15, -0.1) is 0 Å². The topological polar surface area (TPSA) is 72.5 Å². The van der Waals surface area contributed by atoms with Crippen LogP contribution in [0.4, 0.5) is 0 Å². The second-order valence-corrected chi connectivity index (χ2v) is 7.43. The van der Waals surface area contributed by atoms with E-state index in [-0.39, 0.29) is 22.6 Å². The molecule has 1 unspecified atom stereocenters. The van der Waals surface area contributed by atoms with Crippen LogP contribution in [-0.4, -0.2) is 33.3 Å². The molecule has 2 aliphatic carbocycles. The predicted molar refractivity (Wildman–Crippen MR) is 67.4 cm³/mol. The fourth-order valence-corrected chi connectivity index (χ4v) is 4.67. The molecule has 2 rings (SSSR count). The van der Waals surface area contributed by atoms with E-state index >= 15 is 0 Å². The minimum atomic E-state index is -3.17. The standard InChI is InChI=1S/C12H21NO4S/c1-3-13-18(15,16)9-4-6-12(7-5-9)8-10(12)11(14)17-2/h9-10,13H,3-8H2,1-2H3. The number of esters is 1. The Hall–Kier alpha value is -0.620. The van der Waals surface area contributed by atoms with Crippen LogP contribution >= 0.6 is 0 Å². The molecule has 0 saturated heterocycles. The van der Waals surface area contributed by atoms with Gasteiger partial charge < -0.3 is 4.74 Å². The monoisotopic (exact) mass is 275 g/mol. The van der Waals surface area contributed by atoms with E-state index in [0.717, 1.165) is 19.3 Å². The minimum Gasteiger partial charge on any atom is -0.469 e. The zero-order valence-corrected chi connectivity index (χ0v) is 11.8. The summed E-state index contributed by atoms with van der Waals surface area (Å²) in [4.78, 5) is 11.5. The number of carbonyl (C=O) groups excluding carboxylic acids is 1. The lowest BCUT2D eigenvalue weighted by atomic mass is 9.84. The summed E-state index contributed by atoms with van der Waals surface area (Å²) in [5.74, 6) is -0.131. The Morgan fingerprint density at radius 1 is 1.39 bits per heavy atom. The molecular weight excluding hydrogens is 254 g/mol. The zero-order chi connectivity index (χ0) is 13.4. The van der Waals surface area contributed by atoms with E-state index in [9.17, 15) is 13.2 Å². The summed E-state index contributed by atoms with van der Waals surface area (Å²) in [6.45, 7) is 2.23. The van der Waals surface area contributed by atoms with Crippen LogP contribution in [0.15, 0.2) is 0 Å². The van der Waals surface area contributed by atoms with Gasteiger partial charge in [-0.1, -0.05) is 6.92 Å². The van der Waals surface area contributed by atoms with E-state index in [4.69, 9.17) is 4.74 Å². The van der Waals surface area contributed by atoms with Gasteiger partial charge in [0.25, 0.3) is 0 Å². The molecule has 2 aliphatic rings. The van der Waals surface area contributed by atoms with Gasteiger partial charge in [0.15, 0.2) is 0 Å². The molecule has 104 valence electrons. The average Bonchev–Trinajstić information content (AvgIpc) is 3.03. The van der Waals surface area contributed by atoms with Crippen LogP contribution < -0.4 is 4.72 Å². The zero-order valence-electron chi connectivity index (χ0n) is 10.9. The first kappa shape index (κ1) is 13.8. The Bertz CT molecular complexity index is 423. The second-order valence-electron chi connectivity index (χ2n) is 5.38. The maximum Gasteiger partial charge on any atom is 0.309 e. The maximum atomic E-state index is 11.9. The third kappa shape index (κ3) is 2.40. The van der Waals surface area contributed by atoms with E-state index in [0.29, 0.717) is 19.4 Å². The summed E-state index contributed by atoms with van der Waals surface area (Å²) in [7, 11) is -1.75. The summed E-state index contributed by atoms with van der Waals surface area (Å²) in [5.41, 5.74) is 0.0470. The SMILES string of the molecule is CCNS(=O)(=O)C1CCC2(CC1)CC2C(=O)OC. The number of rotatable bonds is 4. The molecule has 0 bridgehead atoms. The highest BCUT2D eigenvalue weighted by Gasteiger charge is 2.60. The van der Waals surface area contributed by atoms with Crippen LogP contribution in [0.1, 0.15) is 39.0 Å². The first-order valence-corrected chi connectivity index (χ1v) is 8.06. The van der Waals surface area contributed by atoms with E-state index < -0.39 is 10.0 Å². The van der Waals surface area contributed by atoms with Crippen molar-refractivity contribution in [3.63, 3.8) is 0 Å². The molecule has 0 heterocycles. The lowest BCUT2D eigenvalue weighted by molar-refractivity contribution is -0.143. The maximum absolute atomic E-state index is 11.9. The Kier molecular flexibility index (Phi) is 3.69. The summed E-state index contributed by atoms with van der Waals surface area (Å²) in [6, 6.07) is 0. The molecule has 1 N–H and O–H groups in total. The predicted octanol–water partition coefficient (Wildman–Crippen LogP) is 1.05. The van der Waals surface area contributed by atoms with Gasteiger partial charge in [-0.25, -0.2) is 13.1 Å². The highest BCUT2D eigenvalue weighted by Crippen LogP contribution is 2.62.